The monoisotopic (exact) mass is 309 g/mol. The summed E-state index contributed by atoms with van der Waals surface area (Å²) in [7, 11) is 0. The van der Waals surface area contributed by atoms with Gasteiger partial charge in [-0.25, -0.2) is 5.43 Å². The molecule has 1 amide bonds. The minimum absolute atomic E-state index is 0.0505. The van der Waals surface area contributed by atoms with Crippen molar-refractivity contribution in [3.8, 4) is 0 Å². The number of unbranched alkanes of at least 4 members (excludes halogenated alkanes) is 3. The van der Waals surface area contributed by atoms with E-state index in [1.165, 1.54) is 6.42 Å². The first-order valence-electron chi connectivity index (χ1n) is 8.14. The van der Waals surface area contributed by atoms with Crippen LogP contribution in [0.2, 0.25) is 0 Å². The van der Waals surface area contributed by atoms with E-state index in [-0.39, 0.29) is 5.91 Å². The number of carbonyl (C=O) groups excluding carboxylic acids is 1. The highest BCUT2D eigenvalue weighted by molar-refractivity contribution is 6.11. The molecule has 4 nitrogen and oxygen atoms in total. The number of hydrazone groups is 1. The average Bonchev–Trinajstić information content (AvgIpc) is 2.61. The Morgan fingerprint density at radius 1 is 1.04 bits per heavy atom. The Hall–Kier alpha value is -2.49. The summed E-state index contributed by atoms with van der Waals surface area (Å²) in [4.78, 5) is 16.3. The molecular formula is C19H23N3O. The van der Waals surface area contributed by atoms with Crippen molar-refractivity contribution >= 4 is 11.6 Å². The van der Waals surface area contributed by atoms with Gasteiger partial charge in [-0.05, 0) is 18.6 Å². The SMILES string of the molecule is CCCCCCC(=O)NN=C(c1ccccc1)c1ccccn1. The number of pyridine rings is 1. The third-order valence-electron chi connectivity index (χ3n) is 3.50. The van der Waals surface area contributed by atoms with Gasteiger partial charge in [-0.1, -0.05) is 62.6 Å². The van der Waals surface area contributed by atoms with E-state index in [1.807, 2.05) is 48.5 Å². The molecule has 0 fully saturated rings. The highest BCUT2D eigenvalue weighted by Gasteiger charge is 2.09. The molecule has 0 aliphatic heterocycles. The topological polar surface area (TPSA) is 54.4 Å². The lowest BCUT2D eigenvalue weighted by Gasteiger charge is -2.07. The summed E-state index contributed by atoms with van der Waals surface area (Å²) in [6.07, 6.45) is 6.55. The van der Waals surface area contributed by atoms with Crippen LogP contribution in [0.4, 0.5) is 0 Å². The number of rotatable bonds is 8. The molecule has 0 aliphatic rings. The molecule has 0 saturated carbocycles. The van der Waals surface area contributed by atoms with Gasteiger partial charge in [0.05, 0.1) is 5.69 Å². The number of aromatic nitrogens is 1. The molecule has 1 heterocycles. The lowest BCUT2D eigenvalue weighted by atomic mass is 10.1. The van der Waals surface area contributed by atoms with Crippen molar-refractivity contribution < 1.29 is 4.79 Å². The Morgan fingerprint density at radius 2 is 1.83 bits per heavy atom. The van der Waals surface area contributed by atoms with Gasteiger partial charge < -0.3 is 0 Å². The van der Waals surface area contributed by atoms with Gasteiger partial charge in [0, 0.05) is 18.2 Å². The first-order valence-corrected chi connectivity index (χ1v) is 8.14. The molecule has 1 N–H and O–H groups in total. The number of hydrogen-bond acceptors (Lipinski definition) is 3. The van der Waals surface area contributed by atoms with Gasteiger partial charge in [0.25, 0.3) is 0 Å². The van der Waals surface area contributed by atoms with E-state index in [0.29, 0.717) is 12.1 Å². The van der Waals surface area contributed by atoms with E-state index in [9.17, 15) is 4.79 Å². The second kappa shape index (κ2) is 9.51. The van der Waals surface area contributed by atoms with Crippen LogP contribution in [0.25, 0.3) is 0 Å². The summed E-state index contributed by atoms with van der Waals surface area (Å²) in [6.45, 7) is 2.16. The third kappa shape index (κ3) is 5.66. The summed E-state index contributed by atoms with van der Waals surface area (Å²) in [5.41, 5.74) is 5.01. The Labute approximate surface area is 137 Å². The van der Waals surface area contributed by atoms with Crippen LogP contribution in [-0.2, 0) is 4.79 Å². The van der Waals surface area contributed by atoms with Gasteiger partial charge in [-0.2, -0.15) is 5.10 Å². The fourth-order valence-electron chi connectivity index (χ4n) is 2.26. The lowest BCUT2D eigenvalue weighted by Crippen LogP contribution is -2.20. The molecule has 1 aromatic carbocycles. The Kier molecular flexibility index (Phi) is 6.98. The molecule has 120 valence electrons. The summed E-state index contributed by atoms with van der Waals surface area (Å²) < 4.78 is 0. The van der Waals surface area contributed by atoms with Gasteiger partial charge in [0.1, 0.15) is 5.71 Å². The van der Waals surface area contributed by atoms with E-state index < -0.39 is 0 Å². The van der Waals surface area contributed by atoms with Crippen molar-refractivity contribution in [2.45, 2.75) is 39.0 Å². The number of benzene rings is 1. The van der Waals surface area contributed by atoms with E-state index in [1.54, 1.807) is 6.20 Å². The molecule has 2 rings (SSSR count). The van der Waals surface area contributed by atoms with Crippen LogP contribution in [0.5, 0.6) is 0 Å². The number of nitrogens with zero attached hydrogens (tertiary/aromatic N) is 2. The van der Waals surface area contributed by atoms with Gasteiger partial charge in [-0.3, -0.25) is 9.78 Å². The molecule has 0 spiro atoms. The van der Waals surface area contributed by atoms with Crippen LogP contribution >= 0.6 is 0 Å². The zero-order valence-corrected chi connectivity index (χ0v) is 13.5. The first kappa shape index (κ1) is 16.9. The molecule has 1 aromatic heterocycles. The lowest BCUT2D eigenvalue weighted by molar-refractivity contribution is -0.121. The van der Waals surface area contributed by atoms with E-state index in [2.05, 4.69) is 22.4 Å². The molecule has 0 atom stereocenters. The van der Waals surface area contributed by atoms with E-state index >= 15 is 0 Å². The second-order valence-electron chi connectivity index (χ2n) is 5.39. The molecule has 23 heavy (non-hydrogen) atoms. The van der Waals surface area contributed by atoms with Crippen LogP contribution in [0.15, 0.2) is 59.8 Å². The molecule has 0 saturated heterocycles. The van der Waals surface area contributed by atoms with Crippen LogP contribution in [0, 0.1) is 0 Å². The highest BCUT2D eigenvalue weighted by atomic mass is 16.2. The van der Waals surface area contributed by atoms with Crippen molar-refractivity contribution in [2.24, 2.45) is 5.10 Å². The maximum Gasteiger partial charge on any atom is 0.240 e. The maximum atomic E-state index is 11.9. The Bertz CT molecular complexity index is 582. The molecule has 0 bridgehead atoms. The Balaban J connectivity index is 2.07. The fourth-order valence-corrected chi connectivity index (χ4v) is 2.26. The van der Waals surface area contributed by atoms with Gasteiger partial charge in [0.2, 0.25) is 5.91 Å². The van der Waals surface area contributed by atoms with Gasteiger partial charge in [0.15, 0.2) is 0 Å². The van der Waals surface area contributed by atoms with Crippen molar-refractivity contribution in [1.82, 2.24) is 10.4 Å². The smallest absolute Gasteiger partial charge is 0.240 e. The third-order valence-corrected chi connectivity index (χ3v) is 3.50. The minimum Gasteiger partial charge on any atom is -0.273 e. The summed E-state index contributed by atoms with van der Waals surface area (Å²) in [6, 6.07) is 15.4. The quantitative estimate of drug-likeness (QED) is 0.456. The van der Waals surface area contributed by atoms with Crippen molar-refractivity contribution in [3.05, 3.63) is 66.0 Å². The largest absolute Gasteiger partial charge is 0.273 e. The number of amides is 1. The zero-order valence-electron chi connectivity index (χ0n) is 13.5. The molecule has 0 radical (unpaired) electrons. The fraction of sp³-hybridized carbons (Fsp3) is 0.316. The second-order valence-corrected chi connectivity index (χ2v) is 5.39. The van der Waals surface area contributed by atoms with Gasteiger partial charge >= 0.3 is 0 Å². The summed E-state index contributed by atoms with van der Waals surface area (Å²) in [5.74, 6) is -0.0505. The molecule has 0 unspecified atom stereocenters. The van der Waals surface area contributed by atoms with Crippen LogP contribution in [0.3, 0.4) is 0 Å². The maximum absolute atomic E-state index is 11.9. The summed E-state index contributed by atoms with van der Waals surface area (Å²) >= 11 is 0. The van der Waals surface area contributed by atoms with Crippen molar-refractivity contribution in [2.75, 3.05) is 0 Å². The van der Waals surface area contributed by atoms with Crippen LogP contribution < -0.4 is 5.43 Å². The number of hydrogen-bond donors (Lipinski definition) is 1. The zero-order chi connectivity index (χ0) is 16.3. The average molecular weight is 309 g/mol. The predicted molar refractivity (Wildman–Crippen MR) is 93.2 cm³/mol. The van der Waals surface area contributed by atoms with Gasteiger partial charge in [-0.15, -0.1) is 0 Å². The summed E-state index contributed by atoms with van der Waals surface area (Å²) in [5, 5.41) is 4.32. The number of nitrogens with one attached hydrogen (secondary N) is 1. The Morgan fingerprint density at radius 3 is 2.52 bits per heavy atom. The van der Waals surface area contributed by atoms with Crippen LogP contribution in [0.1, 0.15) is 50.3 Å². The first-order chi connectivity index (χ1) is 11.3. The molecule has 0 aliphatic carbocycles. The van der Waals surface area contributed by atoms with E-state index in [0.717, 1.165) is 30.5 Å². The molecular weight excluding hydrogens is 286 g/mol. The van der Waals surface area contributed by atoms with Crippen molar-refractivity contribution in [1.29, 1.82) is 0 Å². The predicted octanol–water partition coefficient (Wildman–Crippen LogP) is 3.92. The molecule has 2 aromatic rings. The number of carbonyl (C=O) groups is 1. The van der Waals surface area contributed by atoms with Crippen LogP contribution in [-0.4, -0.2) is 16.6 Å². The normalized spacial score (nSPS) is 11.3. The molecule has 4 heteroatoms. The minimum atomic E-state index is -0.0505. The van der Waals surface area contributed by atoms with E-state index in [4.69, 9.17) is 0 Å². The standard InChI is InChI=1S/C19H23N3O/c1-2-3-4-8-14-18(23)21-22-19(16-11-6-5-7-12-16)17-13-9-10-15-20-17/h5-7,9-13,15H,2-4,8,14H2,1H3,(H,21,23). The van der Waals surface area contributed by atoms with Crippen molar-refractivity contribution in [3.63, 3.8) is 0 Å². The highest BCUT2D eigenvalue weighted by Crippen LogP contribution is 2.08.